The van der Waals surface area contributed by atoms with E-state index in [0.717, 1.165) is 5.39 Å². The predicted octanol–water partition coefficient (Wildman–Crippen LogP) is 3.36. The van der Waals surface area contributed by atoms with Crippen molar-refractivity contribution in [1.82, 2.24) is 14.5 Å². The second kappa shape index (κ2) is 7.70. The van der Waals surface area contributed by atoms with E-state index in [1.165, 1.54) is 24.3 Å². The molecule has 146 valence electrons. The maximum Gasteiger partial charge on any atom is 0.208 e. The Morgan fingerprint density at radius 1 is 1.07 bits per heavy atom. The van der Waals surface area contributed by atoms with Crippen molar-refractivity contribution in [3.05, 3.63) is 65.7 Å². The highest BCUT2D eigenvalue weighted by Gasteiger charge is 2.21. The van der Waals surface area contributed by atoms with Gasteiger partial charge in [0.2, 0.25) is 11.8 Å². The summed E-state index contributed by atoms with van der Waals surface area (Å²) in [6, 6.07) is 9.34. The Hall–Kier alpha value is -3.76. The summed E-state index contributed by atoms with van der Waals surface area (Å²) in [6.07, 6.45) is 4.05. The Labute approximate surface area is 165 Å². The maximum absolute atomic E-state index is 13.1. The van der Waals surface area contributed by atoms with Crippen LogP contribution in [0.25, 0.3) is 22.2 Å². The minimum Gasteiger partial charge on any atom is -0.494 e. The lowest BCUT2D eigenvalue weighted by atomic mass is 10.0. The third kappa shape index (κ3) is 3.53. The van der Waals surface area contributed by atoms with Crippen molar-refractivity contribution >= 4 is 11.0 Å². The quantitative estimate of drug-likeness (QED) is 0.401. The van der Waals surface area contributed by atoms with Crippen LogP contribution in [0.5, 0.6) is 11.8 Å². The fourth-order valence-electron chi connectivity index (χ4n) is 3.26. The number of aryl methyl sites for hydroxylation is 1. The zero-order chi connectivity index (χ0) is 20.4. The van der Waals surface area contributed by atoms with Crippen LogP contribution in [0.4, 0.5) is 4.39 Å². The number of nitrogens with one attached hydrogen (secondary N) is 1. The molecule has 4 rings (SSSR count). The van der Waals surface area contributed by atoms with E-state index in [4.69, 9.17) is 5.11 Å². The predicted molar refractivity (Wildman–Crippen MR) is 107 cm³/mol. The summed E-state index contributed by atoms with van der Waals surface area (Å²) in [5, 5.41) is 30.7. The van der Waals surface area contributed by atoms with Gasteiger partial charge < -0.3 is 19.9 Å². The molecule has 3 aromatic heterocycles. The number of hydrogen-bond donors (Lipinski definition) is 4. The lowest BCUT2D eigenvalue weighted by molar-refractivity contribution is 0.280. The second-order valence-electron chi connectivity index (χ2n) is 6.52. The number of pyridine rings is 1. The number of aromatic amines is 1. The Bertz CT molecular complexity index is 1230. The van der Waals surface area contributed by atoms with Gasteiger partial charge in [-0.25, -0.2) is 9.37 Å². The van der Waals surface area contributed by atoms with Gasteiger partial charge in [0.05, 0.1) is 11.1 Å². The van der Waals surface area contributed by atoms with Crippen LogP contribution in [0.2, 0.25) is 0 Å². The number of halogens is 1. The molecule has 1 aromatic carbocycles. The summed E-state index contributed by atoms with van der Waals surface area (Å²) < 4.78 is 15.0. The molecule has 0 spiro atoms. The van der Waals surface area contributed by atoms with Crippen LogP contribution >= 0.6 is 0 Å². The zero-order valence-corrected chi connectivity index (χ0v) is 15.4. The van der Waals surface area contributed by atoms with Crippen LogP contribution in [0.15, 0.2) is 48.8 Å². The van der Waals surface area contributed by atoms with E-state index in [-0.39, 0.29) is 29.7 Å². The standard InChI is InChI=1S/C22H18FN3O3/c23-15-7-4-14(5-8-15)6-9-17-19(22(29)25-21(17)28)18-13-26(11-2-12-27)20-16(18)3-1-10-24-20/h1,3-5,7-8,10,13,25,27-29H,2,11-12H2. The molecule has 7 heteroatoms. The largest absolute Gasteiger partial charge is 0.494 e. The maximum atomic E-state index is 13.1. The van der Waals surface area contributed by atoms with Crippen molar-refractivity contribution in [3.63, 3.8) is 0 Å². The van der Waals surface area contributed by atoms with Gasteiger partial charge in [0.25, 0.3) is 0 Å². The van der Waals surface area contributed by atoms with E-state index >= 15 is 0 Å². The minimum atomic E-state index is -0.360. The molecule has 0 atom stereocenters. The third-order valence-electron chi connectivity index (χ3n) is 4.60. The molecule has 3 heterocycles. The van der Waals surface area contributed by atoms with Crippen LogP contribution < -0.4 is 0 Å². The Morgan fingerprint density at radius 3 is 2.62 bits per heavy atom. The molecule has 4 N–H and O–H groups in total. The van der Waals surface area contributed by atoms with Crippen LogP contribution in [-0.4, -0.2) is 36.5 Å². The van der Waals surface area contributed by atoms with Gasteiger partial charge >= 0.3 is 0 Å². The second-order valence-corrected chi connectivity index (χ2v) is 6.52. The number of hydrogen-bond acceptors (Lipinski definition) is 4. The molecular weight excluding hydrogens is 373 g/mol. The molecule has 29 heavy (non-hydrogen) atoms. The van der Waals surface area contributed by atoms with Gasteiger partial charge in [-0.2, -0.15) is 0 Å². The number of aromatic hydroxyl groups is 2. The van der Waals surface area contributed by atoms with E-state index in [1.54, 1.807) is 12.3 Å². The first kappa shape index (κ1) is 18.6. The molecule has 0 saturated heterocycles. The number of H-pyrrole nitrogens is 1. The molecule has 0 bridgehead atoms. The SMILES string of the molecule is OCCCn1cc(-c2c(O)[nH]c(O)c2C#Cc2ccc(F)cc2)c2cccnc21. The fourth-order valence-corrected chi connectivity index (χ4v) is 3.26. The monoisotopic (exact) mass is 391 g/mol. The number of aliphatic hydroxyl groups is 1. The summed E-state index contributed by atoms with van der Waals surface area (Å²) in [6.45, 7) is 0.601. The number of benzene rings is 1. The molecule has 0 fully saturated rings. The highest BCUT2D eigenvalue weighted by atomic mass is 19.1. The lowest BCUT2D eigenvalue weighted by Crippen LogP contribution is -1.99. The Balaban J connectivity index is 1.86. The Morgan fingerprint density at radius 2 is 1.86 bits per heavy atom. The highest BCUT2D eigenvalue weighted by Crippen LogP contribution is 2.41. The van der Waals surface area contributed by atoms with Crippen LogP contribution in [0.1, 0.15) is 17.5 Å². The summed E-state index contributed by atoms with van der Waals surface area (Å²) in [7, 11) is 0. The highest BCUT2D eigenvalue weighted by molar-refractivity contribution is 5.98. The summed E-state index contributed by atoms with van der Waals surface area (Å²) in [4.78, 5) is 6.92. The molecule has 4 aromatic rings. The van der Waals surface area contributed by atoms with Crippen molar-refractivity contribution in [3.8, 4) is 34.7 Å². The van der Waals surface area contributed by atoms with Gasteiger partial charge in [-0.1, -0.05) is 11.8 Å². The smallest absolute Gasteiger partial charge is 0.208 e. The van der Waals surface area contributed by atoms with Crippen molar-refractivity contribution in [1.29, 1.82) is 0 Å². The topological polar surface area (TPSA) is 94.3 Å². The van der Waals surface area contributed by atoms with E-state index < -0.39 is 0 Å². The average molecular weight is 391 g/mol. The molecule has 0 saturated carbocycles. The van der Waals surface area contributed by atoms with Crippen molar-refractivity contribution in [2.45, 2.75) is 13.0 Å². The molecule has 0 aliphatic carbocycles. The van der Waals surface area contributed by atoms with Crippen LogP contribution in [0, 0.1) is 17.7 Å². The molecule has 0 aliphatic heterocycles. The first-order valence-corrected chi connectivity index (χ1v) is 9.05. The van der Waals surface area contributed by atoms with E-state index in [9.17, 15) is 14.6 Å². The van der Waals surface area contributed by atoms with Crippen molar-refractivity contribution < 1.29 is 19.7 Å². The first-order chi connectivity index (χ1) is 14.1. The van der Waals surface area contributed by atoms with Crippen molar-refractivity contribution in [2.75, 3.05) is 6.61 Å². The van der Waals surface area contributed by atoms with Gasteiger partial charge in [0.1, 0.15) is 11.5 Å². The van der Waals surface area contributed by atoms with Gasteiger partial charge in [-0.3, -0.25) is 4.98 Å². The molecule has 0 amide bonds. The minimum absolute atomic E-state index is 0.0480. The number of aliphatic hydroxyl groups excluding tert-OH is 1. The molecular formula is C22H18FN3O3. The van der Waals surface area contributed by atoms with E-state index in [1.807, 2.05) is 16.8 Å². The molecule has 6 nitrogen and oxygen atoms in total. The average Bonchev–Trinajstić information content (AvgIpc) is 3.22. The van der Waals surface area contributed by atoms with Gasteiger partial charge in [-0.15, -0.1) is 0 Å². The van der Waals surface area contributed by atoms with Gasteiger partial charge in [0.15, 0.2) is 0 Å². The normalized spacial score (nSPS) is 10.8. The summed E-state index contributed by atoms with van der Waals surface area (Å²) in [5.41, 5.74) is 2.52. The summed E-state index contributed by atoms with van der Waals surface area (Å²) in [5.74, 6) is 4.92. The van der Waals surface area contributed by atoms with Crippen molar-refractivity contribution in [2.24, 2.45) is 0 Å². The van der Waals surface area contributed by atoms with Gasteiger partial charge in [-0.05, 0) is 42.8 Å². The van der Waals surface area contributed by atoms with E-state index in [2.05, 4.69) is 21.8 Å². The summed E-state index contributed by atoms with van der Waals surface area (Å²) >= 11 is 0. The van der Waals surface area contributed by atoms with Crippen LogP contribution in [-0.2, 0) is 6.54 Å². The lowest BCUT2D eigenvalue weighted by Gasteiger charge is -2.01. The third-order valence-corrected chi connectivity index (χ3v) is 4.60. The van der Waals surface area contributed by atoms with E-state index in [0.29, 0.717) is 35.3 Å². The molecule has 0 radical (unpaired) electrons. The van der Waals surface area contributed by atoms with Gasteiger partial charge in [0, 0.05) is 42.1 Å². The molecule has 0 unspecified atom stereocenters. The number of fused-ring (bicyclic) bond motifs is 1. The first-order valence-electron chi connectivity index (χ1n) is 9.05. The fraction of sp³-hybridized carbons (Fsp3) is 0.136. The molecule has 0 aliphatic rings. The number of rotatable bonds is 4. The number of aromatic nitrogens is 3. The number of nitrogens with zero attached hydrogens (tertiary/aromatic N) is 2. The Kier molecular flexibility index (Phi) is 4.94. The van der Waals surface area contributed by atoms with Crippen LogP contribution in [0.3, 0.4) is 0 Å². The zero-order valence-electron chi connectivity index (χ0n) is 15.4.